The average molecular weight is 254 g/mol. The Labute approximate surface area is 110 Å². The summed E-state index contributed by atoms with van der Waals surface area (Å²) >= 11 is 0. The van der Waals surface area contributed by atoms with Crippen LogP contribution >= 0.6 is 0 Å². The summed E-state index contributed by atoms with van der Waals surface area (Å²) in [5, 5.41) is 15.9. The molecule has 18 heavy (non-hydrogen) atoms. The van der Waals surface area contributed by atoms with Crippen LogP contribution in [0.3, 0.4) is 0 Å². The van der Waals surface area contributed by atoms with Crippen molar-refractivity contribution in [2.75, 3.05) is 13.2 Å². The van der Waals surface area contributed by atoms with Gasteiger partial charge in [-0.05, 0) is 39.2 Å². The van der Waals surface area contributed by atoms with E-state index in [2.05, 4.69) is 17.6 Å². The number of hydrogen-bond donors (Lipinski definition) is 3. The van der Waals surface area contributed by atoms with Gasteiger partial charge in [-0.15, -0.1) is 0 Å². The topological polar surface area (TPSA) is 61.4 Å². The first-order valence-electron chi connectivity index (χ1n) is 7.35. The molecule has 2 fully saturated rings. The van der Waals surface area contributed by atoms with Gasteiger partial charge in [0.25, 0.3) is 0 Å². The van der Waals surface area contributed by atoms with E-state index in [4.69, 9.17) is 0 Å². The van der Waals surface area contributed by atoms with Gasteiger partial charge >= 0.3 is 0 Å². The molecular formula is C14H26N2O2. The second-order valence-electron chi connectivity index (χ2n) is 5.92. The number of aliphatic hydroxyl groups is 1. The molecular weight excluding hydrogens is 228 g/mol. The fourth-order valence-corrected chi connectivity index (χ4v) is 3.29. The number of aliphatic hydroxyl groups excluding tert-OH is 1. The Kier molecular flexibility index (Phi) is 5.01. The van der Waals surface area contributed by atoms with Gasteiger partial charge in [-0.1, -0.05) is 12.8 Å². The van der Waals surface area contributed by atoms with E-state index in [-0.39, 0.29) is 30.4 Å². The van der Waals surface area contributed by atoms with Gasteiger partial charge < -0.3 is 15.7 Å². The van der Waals surface area contributed by atoms with Crippen molar-refractivity contribution in [1.29, 1.82) is 0 Å². The molecule has 4 atom stereocenters. The number of nitrogens with one attached hydrogen (secondary N) is 2. The predicted octanol–water partition coefficient (Wildman–Crippen LogP) is 1.04. The van der Waals surface area contributed by atoms with Crippen LogP contribution in [0.1, 0.15) is 45.4 Å². The van der Waals surface area contributed by atoms with Crippen LogP contribution in [0.2, 0.25) is 0 Å². The number of piperidine rings is 1. The third-order valence-corrected chi connectivity index (χ3v) is 4.47. The monoisotopic (exact) mass is 254 g/mol. The van der Waals surface area contributed by atoms with Crippen LogP contribution in [0, 0.1) is 11.8 Å². The van der Waals surface area contributed by atoms with E-state index in [1.165, 1.54) is 12.8 Å². The summed E-state index contributed by atoms with van der Waals surface area (Å²) in [4.78, 5) is 12.3. The molecule has 0 aromatic rings. The van der Waals surface area contributed by atoms with E-state index in [1.807, 2.05) is 0 Å². The van der Waals surface area contributed by atoms with Crippen molar-refractivity contribution >= 4 is 5.91 Å². The molecule has 1 aliphatic carbocycles. The van der Waals surface area contributed by atoms with Gasteiger partial charge in [-0.25, -0.2) is 0 Å². The Morgan fingerprint density at radius 2 is 2.11 bits per heavy atom. The number of carbonyl (C=O) groups is 1. The van der Waals surface area contributed by atoms with Crippen LogP contribution in [0.15, 0.2) is 0 Å². The lowest BCUT2D eigenvalue weighted by molar-refractivity contribution is -0.127. The molecule has 0 radical (unpaired) electrons. The van der Waals surface area contributed by atoms with E-state index >= 15 is 0 Å². The minimum Gasteiger partial charge on any atom is -0.396 e. The van der Waals surface area contributed by atoms with Crippen LogP contribution < -0.4 is 10.6 Å². The van der Waals surface area contributed by atoms with E-state index < -0.39 is 0 Å². The SMILES string of the molecule is C[C@H]1C[C@@H](C(=O)NC2CCCCC2CO)CCN1. The van der Waals surface area contributed by atoms with E-state index in [0.717, 1.165) is 32.2 Å². The van der Waals surface area contributed by atoms with Gasteiger partial charge in [-0.3, -0.25) is 4.79 Å². The van der Waals surface area contributed by atoms with Gasteiger partial charge in [0.2, 0.25) is 5.91 Å². The average Bonchev–Trinajstić information content (AvgIpc) is 2.39. The lowest BCUT2D eigenvalue weighted by Crippen LogP contribution is -2.48. The number of hydrogen-bond acceptors (Lipinski definition) is 3. The molecule has 0 aromatic carbocycles. The van der Waals surface area contributed by atoms with Crippen LogP contribution in [0.25, 0.3) is 0 Å². The van der Waals surface area contributed by atoms with E-state index in [1.54, 1.807) is 0 Å². The molecule has 4 nitrogen and oxygen atoms in total. The van der Waals surface area contributed by atoms with Gasteiger partial charge in [-0.2, -0.15) is 0 Å². The third kappa shape index (κ3) is 3.45. The second-order valence-corrected chi connectivity index (χ2v) is 5.92. The van der Waals surface area contributed by atoms with Crippen LogP contribution in [-0.2, 0) is 4.79 Å². The van der Waals surface area contributed by atoms with Gasteiger partial charge in [0.15, 0.2) is 0 Å². The lowest BCUT2D eigenvalue weighted by Gasteiger charge is -2.33. The number of carbonyl (C=O) groups excluding carboxylic acids is 1. The first kappa shape index (κ1) is 13.8. The van der Waals surface area contributed by atoms with Crippen LogP contribution in [0.5, 0.6) is 0 Å². The number of rotatable bonds is 3. The highest BCUT2D eigenvalue weighted by Crippen LogP contribution is 2.25. The van der Waals surface area contributed by atoms with Gasteiger partial charge in [0.1, 0.15) is 0 Å². The Hall–Kier alpha value is -0.610. The molecule has 2 aliphatic rings. The maximum atomic E-state index is 12.3. The Morgan fingerprint density at radius 3 is 2.83 bits per heavy atom. The fraction of sp³-hybridized carbons (Fsp3) is 0.929. The summed E-state index contributed by atoms with van der Waals surface area (Å²) in [7, 11) is 0. The van der Waals surface area contributed by atoms with Crippen molar-refractivity contribution in [2.24, 2.45) is 11.8 Å². The molecule has 1 saturated heterocycles. The molecule has 0 spiro atoms. The van der Waals surface area contributed by atoms with Crippen LogP contribution in [-0.4, -0.2) is 36.2 Å². The fourth-order valence-electron chi connectivity index (χ4n) is 3.29. The molecule has 0 aromatic heterocycles. The smallest absolute Gasteiger partial charge is 0.223 e. The molecule has 1 aliphatic heterocycles. The highest BCUT2D eigenvalue weighted by Gasteiger charge is 2.30. The summed E-state index contributed by atoms with van der Waals surface area (Å²) in [5.41, 5.74) is 0. The Morgan fingerprint density at radius 1 is 1.33 bits per heavy atom. The molecule has 2 unspecified atom stereocenters. The van der Waals surface area contributed by atoms with Crippen molar-refractivity contribution in [3.8, 4) is 0 Å². The van der Waals surface area contributed by atoms with Gasteiger partial charge in [0, 0.05) is 30.5 Å². The summed E-state index contributed by atoms with van der Waals surface area (Å²) < 4.78 is 0. The molecule has 2 rings (SSSR count). The Balaban J connectivity index is 1.85. The molecule has 1 heterocycles. The minimum absolute atomic E-state index is 0.155. The van der Waals surface area contributed by atoms with Crippen molar-refractivity contribution < 1.29 is 9.90 Å². The summed E-state index contributed by atoms with van der Waals surface area (Å²) in [6, 6.07) is 0.635. The third-order valence-electron chi connectivity index (χ3n) is 4.47. The summed E-state index contributed by atoms with van der Waals surface area (Å²) in [6.07, 6.45) is 6.29. The van der Waals surface area contributed by atoms with E-state index in [0.29, 0.717) is 6.04 Å². The first-order chi connectivity index (χ1) is 8.70. The quantitative estimate of drug-likeness (QED) is 0.705. The normalized spacial score (nSPS) is 37.2. The molecule has 1 amide bonds. The van der Waals surface area contributed by atoms with Crippen molar-refractivity contribution in [3.63, 3.8) is 0 Å². The molecule has 1 saturated carbocycles. The van der Waals surface area contributed by atoms with Crippen LogP contribution in [0.4, 0.5) is 0 Å². The zero-order valence-electron chi connectivity index (χ0n) is 11.3. The summed E-state index contributed by atoms with van der Waals surface area (Å²) in [6.45, 7) is 3.28. The Bertz CT molecular complexity index is 283. The highest BCUT2D eigenvalue weighted by molar-refractivity contribution is 5.79. The predicted molar refractivity (Wildman–Crippen MR) is 71.2 cm³/mol. The summed E-state index contributed by atoms with van der Waals surface area (Å²) in [5.74, 6) is 0.623. The maximum Gasteiger partial charge on any atom is 0.223 e. The van der Waals surface area contributed by atoms with Crippen molar-refractivity contribution in [2.45, 2.75) is 57.5 Å². The first-order valence-corrected chi connectivity index (χ1v) is 7.35. The largest absolute Gasteiger partial charge is 0.396 e. The second kappa shape index (κ2) is 6.53. The maximum absolute atomic E-state index is 12.3. The molecule has 4 heteroatoms. The number of amides is 1. The van der Waals surface area contributed by atoms with Gasteiger partial charge in [0.05, 0.1) is 0 Å². The van der Waals surface area contributed by atoms with Crippen molar-refractivity contribution in [3.05, 3.63) is 0 Å². The zero-order valence-corrected chi connectivity index (χ0v) is 11.3. The molecule has 104 valence electrons. The highest BCUT2D eigenvalue weighted by atomic mass is 16.3. The minimum atomic E-state index is 0.155. The zero-order chi connectivity index (χ0) is 13.0. The van der Waals surface area contributed by atoms with Crippen molar-refractivity contribution in [1.82, 2.24) is 10.6 Å². The standard InChI is InChI=1S/C14H26N2O2/c1-10-8-11(6-7-15-10)14(18)16-13-5-3-2-4-12(13)9-17/h10-13,15,17H,2-9H2,1H3,(H,16,18)/t10-,11-,12?,13?/m0/s1. The van der Waals surface area contributed by atoms with E-state index in [9.17, 15) is 9.90 Å². The molecule has 3 N–H and O–H groups in total. The molecule has 0 bridgehead atoms. The lowest BCUT2D eigenvalue weighted by atomic mass is 9.84.